The molecule has 0 aromatic carbocycles. The number of aryl methyl sites for hydroxylation is 3. The largest absolute Gasteiger partial charge is 0.353 e. The van der Waals surface area contributed by atoms with Crippen molar-refractivity contribution >= 4 is 39.3 Å². The first-order valence-corrected chi connectivity index (χ1v) is 10.0. The third-order valence-corrected chi connectivity index (χ3v) is 6.90. The first-order valence-electron chi connectivity index (χ1n) is 9.23. The molecule has 2 aromatic heterocycles. The van der Waals surface area contributed by atoms with Crippen LogP contribution in [0.1, 0.15) is 41.9 Å². The normalized spacial score (nSPS) is 25.5. The van der Waals surface area contributed by atoms with E-state index in [2.05, 4.69) is 20.5 Å². The van der Waals surface area contributed by atoms with Gasteiger partial charge >= 0.3 is 6.03 Å². The Balaban J connectivity index is 1.61. The van der Waals surface area contributed by atoms with Gasteiger partial charge in [0.05, 0.1) is 11.9 Å². The van der Waals surface area contributed by atoms with Crippen LogP contribution >= 0.6 is 11.3 Å². The van der Waals surface area contributed by atoms with Gasteiger partial charge in [-0.3, -0.25) is 10.1 Å². The number of rotatable bonds is 1. The van der Waals surface area contributed by atoms with E-state index in [1.807, 2.05) is 6.92 Å². The summed E-state index contributed by atoms with van der Waals surface area (Å²) in [5.41, 5.74) is 0.558. The summed E-state index contributed by atoms with van der Waals surface area (Å²) < 4.78 is 0. The van der Waals surface area contributed by atoms with E-state index in [0.717, 1.165) is 47.7 Å². The molecule has 3 aliphatic rings. The molecular formula is C18H21N5O2S. The summed E-state index contributed by atoms with van der Waals surface area (Å²) in [6, 6.07) is -0.395. The Morgan fingerprint density at radius 3 is 2.81 bits per heavy atom. The minimum Gasteiger partial charge on any atom is -0.353 e. The molecule has 26 heavy (non-hydrogen) atoms. The number of thiophene rings is 1. The van der Waals surface area contributed by atoms with Crippen LogP contribution in [-0.2, 0) is 17.6 Å². The molecule has 4 heterocycles. The van der Waals surface area contributed by atoms with Crippen molar-refractivity contribution in [2.45, 2.75) is 51.0 Å². The number of fused-ring (bicyclic) bond motifs is 3. The number of imide groups is 1. The lowest BCUT2D eigenvalue weighted by atomic mass is 9.89. The second-order valence-electron chi connectivity index (χ2n) is 7.50. The Morgan fingerprint density at radius 1 is 1.15 bits per heavy atom. The van der Waals surface area contributed by atoms with Crippen LogP contribution in [0.3, 0.4) is 0 Å². The zero-order chi connectivity index (χ0) is 17.9. The molecule has 0 bridgehead atoms. The van der Waals surface area contributed by atoms with Crippen molar-refractivity contribution in [1.82, 2.24) is 20.6 Å². The summed E-state index contributed by atoms with van der Waals surface area (Å²) in [6.45, 7) is 3.22. The van der Waals surface area contributed by atoms with Crippen molar-refractivity contribution in [3.05, 3.63) is 16.3 Å². The lowest BCUT2D eigenvalue weighted by molar-refractivity contribution is -0.124. The maximum Gasteiger partial charge on any atom is 0.322 e. The molecule has 5 rings (SSSR count). The number of nitrogens with zero attached hydrogens (tertiary/aromatic N) is 3. The maximum absolute atomic E-state index is 12.4. The number of urea groups is 1. The number of carbonyl (C=O) groups excluding carboxylic acids is 2. The fourth-order valence-corrected chi connectivity index (χ4v) is 5.82. The number of amides is 3. The highest BCUT2D eigenvalue weighted by Gasteiger charge is 2.49. The van der Waals surface area contributed by atoms with Crippen LogP contribution in [0.5, 0.6) is 0 Å². The first kappa shape index (κ1) is 16.0. The minimum atomic E-state index is -0.837. The van der Waals surface area contributed by atoms with Crippen LogP contribution in [-0.4, -0.2) is 40.5 Å². The highest BCUT2D eigenvalue weighted by Crippen LogP contribution is 2.41. The number of piperidine rings is 1. The van der Waals surface area contributed by atoms with Crippen molar-refractivity contribution in [2.24, 2.45) is 0 Å². The van der Waals surface area contributed by atoms with Gasteiger partial charge in [-0.15, -0.1) is 11.3 Å². The molecule has 2 aliphatic heterocycles. The molecule has 1 spiro atoms. The molecule has 1 unspecified atom stereocenters. The molecule has 2 N–H and O–H groups in total. The number of aromatic nitrogens is 2. The van der Waals surface area contributed by atoms with Crippen molar-refractivity contribution in [2.75, 3.05) is 18.0 Å². The molecule has 8 heteroatoms. The lowest BCUT2D eigenvalue weighted by Crippen LogP contribution is -2.58. The summed E-state index contributed by atoms with van der Waals surface area (Å²) in [5, 5.41) is 6.42. The predicted molar refractivity (Wildman–Crippen MR) is 99.6 cm³/mol. The summed E-state index contributed by atoms with van der Waals surface area (Å²) in [6.07, 6.45) is 6.14. The van der Waals surface area contributed by atoms with Crippen LogP contribution in [0.15, 0.2) is 0 Å². The standard InChI is InChI=1S/C18H21N5O2S/c1-10-19-14(13-11-5-2-3-6-12(11)26-15(13)20-10)23-8-4-7-18(9-23)16(24)21-17(25)22-18/h2-9H2,1H3,(H2,21,22,24,25). The fraction of sp³-hybridized carbons (Fsp3) is 0.556. The SMILES string of the molecule is Cc1nc(N2CCCC3(C2)NC(=O)NC3=O)c2c3c(sc2n1)CCCC3. The topological polar surface area (TPSA) is 87.2 Å². The van der Waals surface area contributed by atoms with E-state index in [9.17, 15) is 9.59 Å². The minimum absolute atomic E-state index is 0.221. The summed E-state index contributed by atoms with van der Waals surface area (Å²) >= 11 is 1.79. The third-order valence-electron chi connectivity index (χ3n) is 5.71. The van der Waals surface area contributed by atoms with Gasteiger partial charge in [-0.2, -0.15) is 0 Å². The quantitative estimate of drug-likeness (QED) is 0.749. The highest BCUT2D eigenvalue weighted by molar-refractivity contribution is 7.19. The van der Waals surface area contributed by atoms with E-state index < -0.39 is 11.6 Å². The zero-order valence-corrected chi connectivity index (χ0v) is 15.5. The first-order chi connectivity index (χ1) is 12.6. The van der Waals surface area contributed by atoms with E-state index >= 15 is 0 Å². The van der Waals surface area contributed by atoms with Crippen LogP contribution in [0, 0.1) is 6.92 Å². The summed E-state index contributed by atoms with van der Waals surface area (Å²) in [7, 11) is 0. The number of anilines is 1. The second kappa shape index (κ2) is 5.64. The van der Waals surface area contributed by atoms with Gasteiger partial charge in [0.1, 0.15) is 22.0 Å². The van der Waals surface area contributed by atoms with E-state index in [1.165, 1.54) is 23.3 Å². The molecule has 2 fully saturated rings. The number of carbonyl (C=O) groups is 2. The summed E-state index contributed by atoms with van der Waals surface area (Å²) in [5.74, 6) is 1.46. The molecule has 1 atom stereocenters. The monoisotopic (exact) mass is 371 g/mol. The van der Waals surface area contributed by atoms with Crippen molar-refractivity contribution < 1.29 is 9.59 Å². The average Bonchev–Trinajstić information content (AvgIpc) is 3.11. The van der Waals surface area contributed by atoms with Gasteiger partial charge in [0, 0.05) is 11.4 Å². The predicted octanol–water partition coefficient (Wildman–Crippen LogP) is 2.06. The van der Waals surface area contributed by atoms with Crippen LogP contribution in [0.25, 0.3) is 10.2 Å². The van der Waals surface area contributed by atoms with Gasteiger partial charge in [-0.05, 0) is 51.0 Å². The molecule has 0 saturated carbocycles. The number of hydrogen-bond donors (Lipinski definition) is 2. The molecule has 136 valence electrons. The van der Waals surface area contributed by atoms with Gasteiger partial charge in [-0.1, -0.05) is 0 Å². The molecule has 7 nitrogen and oxygen atoms in total. The highest BCUT2D eigenvalue weighted by atomic mass is 32.1. The average molecular weight is 371 g/mol. The lowest BCUT2D eigenvalue weighted by Gasteiger charge is -2.39. The number of hydrogen-bond acceptors (Lipinski definition) is 6. The van der Waals surface area contributed by atoms with Gasteiger partial charge in [0.2, 0.25) is 0 Å². The molecular weight excluding hydrogens is 350 g/mol. The van der Waals surface area contributed by atoms with E-state index in [-0.39, 0.29) is 5.91 Å². The number of nitrogens with one attached hydrogen (secondary N) is 2. The Morgan fingerprint density at radius 2 is 2.00 bits per heavy atom. The summed E-state index contributed by atoms with van der Waals surface area (Å²) in [4.78, 5) is 38.2. The van der Waals surface area contributed by atoms with E-state index in [0.29, 0.717) is 13.0 Å². The Bertz CT molecular complexity index is 939. The van der Waals surface area contributed by atoms with Gasteiger partial charge < -0.3 is 10.2 Å². The van der Waals surface area contributed by atoms with E-state index in [1.54, 1.807) is 11.3 Å². The molecule has 2 aromatic rings. The van der Waals surface area contributed by atoms with E-state index in [4.69, 9.17) is 4.98 Å². The zero-order valence-electron chi connectivity index (χ0n) is 14.7. The smallest absolute Gasteiger partial charge is 0.322 e. The van der Waals surface area contributed by atoms with Gasteiger partial charge in [0.25, 0.3) is 5.91 Å². The van der Waals surface area contributed by atoms with Crippen molar-refractivity contribution in [3.63, 3.8) is 0 Å². The van der Waals surface area contributed by atoms with Crippen LogP contribution in [0.4, 0.5) is 10.6 Å². The molecule has 3 amide bonds. The van der Waals surface area contributed by atoms with Crippen LogP contribution in [0.2, 0.25) is 0 Å². The Labute approximate surface area is 155 Å². The maximum atomic E-state index is 12.4. The molecule has 0 radical (unpaired) electrons. The van der Waals surface area contributed by atoms with Crippen molar-refractivity contribution in [3.8, 4) is 0 Å². The molecule has 1 aliphatic carbocycles. The second-order valence-corrected chi connectivity index (χ2v) is 8.58. The van der Waals surface area contributed by atoms with Crippen LogP contribution < -0.4 is 15.5 Å². The Kier molecular flexibility index (Phi) is 3.47. The van der Waals surface area contributed by atoms with Crippen molar-refractivity contribution in [1.29, 1.82) is 0 Å². The molecule has 2 saturated heterocycles. The fourth-order valence-electron chi connectivity index (χ4n) is 4.52. The Hall–Kier alpha value is -2.22. The van der Waals surface area contributed by atoms with Gasteiger partial charge in [-0.25, -0.2) is 14.8 Å². The van der Waals surface area contributed by atoms with Gasteiger partial charge in [0.15, 0.2) is 0 Å². The third kappa shape index (κ3) is 2.31.